The van der Waals surface area contributed by atoms with Crippen molar-refractivity contribution in [3.8, 4) is 0 Å². The van der Waals surface area contributed by atoms with Gasteiger partial charge < -0.3 is 0 Å². The maximum atomic E-state index is 13.2. The van der Waals surface area contributed by atoms with Gasteiger partial charge in [0.25, 0.3) is 0 Å². The van der Waals surface area contributed by atoms with Crippen LogP contribution in [0.4, 0.5) is 4.39 Å². The summed E-state index contributed by atoms with van der Waals surface area (Å²) in [7, 11) is -2.08. The van der Waals surface area contributed by atoms with Crippen LogP contribution in [-0.2, 0) is 16.6 Å². The minimum Gasteiger partial charge on any atom is -0.207 e. The Balaban J connectivity index is 2.21. The molecule has 0 bridgehead atoms. The highest BCUT2D eigenvalue weighted by Gasteiger charge is 2.20. The van der Waals surface area contributed by atoms with Gasteiger partial charge in [0.15, 0.2) is 0 Å². The fraction of sp³-hybridized carbons (Fsp3) is 0.200. The molecule has 2 rings (SSSR count). The lowest BCUT2D eigenvalue weighted by Gasteiger charge is -2.17. The van der Waals surface area contributed by atoms with Crippen LogP contribution < -0.4 is 0 Å². The maximum absolute atomic E-state index is 13.2. The molecule has 0 aliphatic carbocycles. The van der Waals surface area contributed by atoms with Crippen LogP contribution in [0.2, 0.25) is 0 Å². The van der Waals surface area contributed by atoms with Crippen LogP contribution >= 0.6 is 11.8 Å². The molecule has 0 saturated heterocycles. The van der Waals surface area contributed by atoms with E-state index in [1.807, 2.05) is 6.26 Å². The first-order valence-corrected chi connectivity index (χ1v) is 8.95. The molecule has 0 atom stereocenters. The van der Waals surface area contributed by atoms with Crippen LogP contribution in [0.3, 0.4) is 0 Å². The van der Waals surface area contributed by atoms with Gasteiger partial charge in [0.1, 0.15) is 5.82 Å². The first-order valence-electron chi connectivity index (χ1n) is 6.28. The van der Waals surface area contributed by atoms with E-state index in [1.54, 1.807) is 48.2 Å². The van der Waals surface area contributed by atoms with Crippen molar-refractivity contribution >= 4 is 21.8 Å². The summed E-state index contributed by atoms with van der Waals surface area (Å²) in [5, 5.41) is 0. The van der Waals surface area contributed by atoms with Crippen molar-refractivity contribution in [2.24, 2.45) is 0 Å². The molecule has 0 fully saturated rings. The molecule has 0 unspecified atom stereocenters. The first kappa shape index (κ1) is 16.0. The SMILES string of the molecule is CSc1ccc(S(=O)(=O)N(C)Cc2cccc(F)c2)cc1. The Morgan fingerprint density at radius 3 is 2.38 bits per heavy atom. The summed E-state index contributed by atoms with van der Waals surface area (Å²) in [5.74, 6) is -0.373. The Morgan fingerprint density at radius 2 is 1.81 bits per heavy atom. The van der Waals surface area contributed by atoms with Gasteiger partial charge in [-0.25, -0.2) is 12.8 Å². The zero-order valence-electron chi connectivity index (χ0n) is 11.8. The van der Waals surface area contributed by atoms with Gasteiger partial charge in [0, 0.05) is 18.5 Å². The van der Waals surface area contributed by atoms with E-state index >= 15 is 0 Å². The molecule has 0 aromatic heterocycles. The van der Waals surface area contributed by atoms with E-state index in [4.69, 9.17) is 0 Å². The van der Waals surface area contributed by atoms with E-state index in [-0.39, 0.29) is 17.3 Å². The zero-order chi connectivity index (χ0) is 15.5. The van der Waals surface area contributed by atoms with Crippen molar-refractivity contribution in [3.63, 3.8) is 0 Å². The van der Waals surface area contributed by atoms with Crippen LogP contribution in [0, 0.1) is 5.82 Å². The average Bonchev–Trinajstić information content (AvgIpc) is 2.47. The highest BCUT2D eigenvalue weighted by molar-refractivity contribution is 7.98. The van der Waals surface area contributed by atoms with E-state index in [0.29, 0.717) is 5.56 Å². The predicted molar refractivity (Wildman–Crippen MR) is 83.3 cm³/mol. The molecule has 0 saturated carbocycles. The standard InChI is InChI=1S/C15H16FNO2S2/c1-17(11-12-4-3-5-13(16)10-12)21(18,19)15-8-6-14(20-2)7-9-15/h3-10H,11H2,1-2H3. The van der Waals surface area contributed by atoms with E-state index in [0.717, 1.165) is 4.90 Å². The van der Waals surface area contributed by atoms with Gasteiger partial charge >= 0.3 is 0 Å². The number of sulfonamides is 1. The Morgan fingerprint density at radius 1 is 1.14 bits per heavy atom. The van der Waals surface area contributed by atoms with Crippen LogP contribution in [0.1, 0.15) is 5.56 Å². The molecular weight excluding hydrogens is 309 g/mol. The quantitative estimate of drug-likeness (QED) is 0.791. The van der Waals surface area contributed by atoms with Crippen molar-refractivity contribution in [1.29, 1.82) is 0 Å². The molecule has 0 aliphatic heterocycles. The molecule has 2 aromatic rings. The van der Waals surface area contributed by atoms with Crippen molar-refractivity contribution in [2.45, 2.75) is 16.3 Å². The molecular formula is C15H16FNO2S2. The largest absolute Gasteiger partial charge is 0.243 e. The topological polar surface area (TPSA) is 37.4 Å². The minimum absolute atomic E-state index is 0.129. The van der Waals surface area contributed by atoms with Gasteiger partial charge in [-0.1, -0.05) is 12.1 Å². The zero-order valence-corrected chi connectivity index (χ0v) is 13.4. The van der Waals surface area contributed by atoms with Gasteiger partial charge in [-0.3, -0.25) is 0 Å². The fourth-order valence-electron chi connectivity index (χ4n) is 1.91. The number of rotatable bonds is 5. The second kappa shape index (κ2) is 6.60. The third-order valence-corrected chi connectivity index (χ3v) is 5.62. The highest BCUT2D eigenvalue weighted by atomic mass is 32.2. The molecule has 6 heteroatoms. The molecule has 0 amide bonds. The Bertz CT molecular complexity index is 715. The summed E-state index contributed by atoms with van der Waals surface area (Å²) in [6, 6.07) is 12.7. The van der Waals surface area contributed by atoms with Gasteiger partial charge in [-0.15, -0.1) is 11.8 Å². The fourth-order valence-corrected chi connectivity index (χ4v) is 3.47. The highest BCUT2D eigenvalue weighted by Crippen LogP contribution is 2.21. The van der Waals surface area contributed by atoms with Gasteiger partial charge in [-0.05, 0) is 48.2 Å². The first-order chi connectivity index (χ1) is 9.93. The number of halogens is 1. The van der Waals surface area contributed by atoms with Crippen molar-refractivity contribution < 1.29 is 12.8 Å². The molecule has 0 aliphatic rings. The Kier molecular flexibility index (Phi) is 5.03. The van der Waals surface area contributed by atoms with E-state index in [9.17, 15) is 12.8 Å². The lowest BCUT2D eigenvalue weighted by molar-refractivity contribution is 0.465. The number of benzene rings is 2. The second-order valence-electron chi connectivity index (χ2n) is 4.57. The van der Waals surface area contributed by atoms with E-state index < -0.39 is 10.0 Å². The minimum atomic E-state index is -3.57. The molecule has 112 valence electrons. The smallest absolute Gasteiger partial charge is 0.207 e. The summed E-state index contributed by atoms with van der Waals surface area (Å²) in [5.41, 5.74) is 0.613. The number of hydrogen-bond acceptors (Lipinski definition) is 3. The van der Waals surface area contributed by atoms with Gasteiger partial charge in [-0.2, -0.15) is 4.31 Å². The molecule has 0 N–H and O–H groups in total. The molecule has 21 heavy (non-hydrogen) atoms. The normalized spacial score (nSPS) is 11.8. The Hall–Kier alpha value is -1.37. The lowest BCUT2D eigenvalue weighted by atomic mass is 10.2. The molecule has 2 aromatic carbocycles. The summed E-state index contributed by atoms with van der Waals surface area (Å²) in [6.07, 6.45) is 1.93. The molecule has 0 radical (unpaired) electrons. The summed E-state index contributed by atoms with van der Waals surface area (Å²) in [4.78, 5) is 1.24. The number of thioether (sulfide) groups is 1. The number of nitrogens with zero attached hydrogens (tertiary/aromatic N) is 1. The van der Waals surface area contributed by atoms with Crippen LogP contribution in [0.25, 0.3) is 0 Å². The summed E-state index contributed by atoms with van der Waals surface area (Å²) < 4.78 is 39.3. The Labute approximate surface area is 128 Å². The van der Waals surface area contributed by atoms with Gasteiger partial charge in [0.05, 0.1) is 4.90 Å². The lowest BCUT2D eigenvalue weighted by Crippen LogP contribution is -2.26. The second-order valence-corrected chi connectivity index (χ2v) is 7.49. The summed E-state index contributed by atoms with van der Waals surface area (Å²) >= 11 is 1.55. The molecule has 0 heterocycles. The van der Waals surface area contributed by atoms with Crippen LogP contribution in [0.5, 0.6) is 0 Å². The van der Waals surface area contributed by atoms with Gasteiger partial charge in [0.2, 0.25) is 10.0 Å². The van der Waals surface area contributed by atoms with Crippen molar-refractivity contribution in [3.05, 3.63) is 59.9 Å². The van der Waals surface area contributed by atoms with Crippen molar-refractivity contribution in [1.82, 2.24) is 4.31 Å². The summed E-state index contributed by atoms with van der Waals surface area (Å²) in [6.45, 7) is 0.129. The maximum Gasteiger partial charge on any atom is 0.243 e. The number of hydrogen-bond donors (Lipinski definition) is 0. The molecule has 3 nitrogen and oxygen atoms in total. The van der Waals surface area contributed by atoms with Crippen LogP contribution in [-0.4, -0.2) is 26.0 Å². The average molecular weight is 325 g/mol. The van der Waals surface area contributed by atoms with Crippen molar-refractivity contribution in [2.75, 3.05) is 13.3 Å². The van der Waals surface area contributed by atoms with E-state index in [1.165, 1.54) is 23.5 Å². The predicted octanol–water partition coefficient (Wildman–Crippen LogP) is 3.37. The third-order valence-electron chi connectivity index (χ3n) is 3.06. The third kappa shape index (κ3) is 3.84. The molecule has 0 spiro atoms. The van der Waals surface area contributed by atoms with Crippen LogP contribution in [0.15, 0.2) is 58.3 Å². The monoisotopic (exact) mass is 325 g/mol. The van der Waals surface area contributed by atoms with E-state index in [2.05, 4.69) is 0 Å².